The zero-order valence-electron chi connectivity index (χ0n) is 7.98. The quantitative estimate of drug-likeness (QED) is 0.792. The molecule has 0 aliphatic carbocycles. The fourth-order valence-electron chi connectivity index (χ4n) is 1.15. The summed E-state index contributed by atoms with van der Waals surface area (Å²) in [5.41, 5.74) is 0.188. The molecule has 0 atom stereocenters. The Labute approximate surface area is 95.9 Å². The molecular formula is C10H6ClN3O2. The zero-order valence-corrected chi connectivity index (χ0v) is 8.73. The topological polar surface area (TPSA) is 70.9 Å². The summed E-state index contributed by atoms with van der Waals surface area (Å²) in [6.45, 7) is 0. The van der Waals surface area contributed by atoms with Crippen molar-refractivity contribution in [3.05, 3.63) is 29.3 Å². The first kappa shape index (κ1) is 10.5. The zero-order chi connectivity index (χ0) is 11.5. The molecule has 0 unspecified atom stereocenters. The lowest BCUT2D eigenvalue weighted by molar-refractivity contribution is -0.117. The molecule has 0 saturated carbocycles. The van der Waals surface area contributed by atoms with E-state index in [2.05, 4.69) is 15.3 Å². The average Bonchev–Trinajstić information content (AvgIpc) is 2.24. The van der Waals surface area contributed by atoms with E-state index in [0.29, 0.717) is 10.7 Å². The largest absolute Gasteiger partial charge is 0.311 e. The number of carbonyl (C=O) groups is 2. The molecular weight excluding hydrogens is 230 g/mol. The summed E-state index contributed by atoms with van der Waals surface area (Å²) < 4.78 is 0. The summed E-state index contributed by atoms with van der Waals surface area (Å²) in [6, 6.07) is 6.54. The molecule has 0 bridgehead atoms. The lowest BCUT2D eigenvalue weighted by atomic mass is 10.2. The molecule has 2 rings (SSSR count). The lowest BCUT2D eigenvalue weighted by Crippen LogP contribution is -2.38. The van der Waals surface area contributed by atoms with Gasteiger partial charge >= 0.3 is 5.91 Å². The smallest absolute Gasteiger partial charge is 0.302 e. The summed E-state index contributed by atoms with van der Waals surface area (Å²) in [6.07, 6.45) is 1.04. The molecule has 0 fully saturated rings. The Morgan fingerprint density at radius 3 is 2.81 bits per heavy atom. The number of carbonyl (C=O) groups excluding carboxylic acids is 2. The van der Waals surface area contributed by atoms with Crippen molar-refractivity contribution in [3.8, 4) is 0 Å². The third-order valence-electron chi connectivity index (χ3n) is 1.84. The van der Waals surface area contributed by atoms with E-state index in [4.69, 9.17) is 11.6 Å². The third kappa shape index (κ3) is 2.14. The molecule has 0 radical (unpaired) electrons. The SMILES string of the molecule is O=C1N=CNC(=O)C1=Nc1cccc(Cl)c1. The molecule has 1 aliphatic heterocycles. The van der Waals surface area contributed by atoms with Gasteiger partial charge in [0.05, 0.1) is 12.0 Å². The second kappa shape index (κ2) is 4.24. The van der Waals surface area contributed by atoms with Gasteiger partial charge in [-0.15, -0.1) is 0 Å². The Kier molecular flexibility index (Phi) is 2.78. The first-order chi connectivity index (χ1) is 7.66. The predicted octanol–water partition coefficient (Wildman–Crippen LogP) is 1.10. The number of hydrogen-bond donors (Lipinski definition) is 1. The summed E-state index contributed by atoms with van der Waals surface area (Å²) >= 11 is 5.75. The van der Waals surface area contributed by atoms with E-state index < -0.39 is 11.8 Å². The number of benzene rings is 1. The summed E-state index contributed by atoms with van der Waals surface area (Å²) in [7, 11) is 0. The van der Waals surface area contributed by atoms with Gasteiger partial charge in [0.15, 0.2) is 5.71 Å². The van der Waals surface area contributed by atoms with Crippen molar-refractivity contribution in [2.75, 3.05) is 0 Å². The minimum absolute atomic E-state index is 0.246. The van der Waals surface area contributed by atoms with Gasteiger partial charge < -0.3 is 5.32 Å². The van der Waals surface area contributed by atoms with Gasteiger partial charge in [-0.05, 0) is 18.2 Å². The van der Waals surface area contributed by atoms with E-state index >= 15 is 0 Å². The Morgan fingerprint density at radius 1 is 1.31 bits per heavy atom. The van der Waals surface area contributed by atoms with E-state index in [1.807, 2.05) is 0 Å². The Bertz CT molecular complexity index is 523. The Hall–Kier alpha value is -2.01. The van der Waals surface area contributed by atoms with Gasteiger partial charge in [-0.2, -0.15) is 4.99 Å². The summed E-state index contributed by atoms with van der Waals surface area (Å²) in [5.74, 6) is -1.23. The van der Waals surface area contributed by atoms with Crippen molar-refractivity contribution in [1.29, 1.82) is 0 Å². The number of nitrogens with zero attached hydrogens (tertiary/aromatic N) is 2. The fraction of sp³-hybridized carbons (Fsp3) is 0. The molecule has 0 saturated heterocycles. The van der Waals surface area contributed by atoms with E-state index in [9.17, 15) is 9.59 Å². The number of aliphatic imine (C=N–C) groups is 2. The van der Waals surface area contributed by atoms with Crippen LogP contribution in [0.2, 0.25) is 5.02 Å². The van der Waals surface area contributed by atoms with Crippen molar-refractivity contribution in [2.45, 2.75) is 0 Å². The standard InChI is InChI=1S/C10H6ClN3O2/c11-6-2-1-3-7(4-6)14-8-9(15)12-5-13-10(8)16/h1-5H,(H,12,13,15,16). The van der Waals surface area contributed by atoms with Crippen LogP contribution in [0.4, 0.5) is 5.69 Å². The van der Waals surface area contributed by atoms with Crippen molar-refractivity contribution >= 4 is 41.2 Å². The molecule has 0 spiro atoms. The molecule has 0 aromatic heterocycles. The van der Waals surface area contributed by atoms with E-state index in [1.54, 1.807) is 24.3 Å². The van der Waals surface area contributed by atoms with Crippen LogP contribution >= 0.6 is 11.6 Å². The van der Waals surface area contributed by atoms with Crippen LogP contribution in [0.15, 0.2) is 34.3 Å². The van der Waals surface area contributed by atoms with Gasteiger partial charge in [0.2, 0.25) is 0 Å². The van der Waals surface area contributed by atoms with E-state index in [-0.39, 0.29) is 5.71 Å². The van der Waals surface area contributed by atoms with Crippen molar-refractivity contribution in [1.82, 2.24) is 5.32 Å². The first-order valence-electron chi connectivity index (χ1n) is 4.39. The van der Waals surface area contributed by atoms with Crippen LogP contribution in [0, 0.1) is 0 Å². The van der Waals surface area contributed by atoms with Crippen molar-refractivity contribution in [3.63, 3.8) is 0 Å². The van der Waals surface area contributed by atoms with Crippen LogP contribution in [0.1, 0.15) is 0 Å². The highest BCUT2D eigenvalue weighted by molar-refractivity contribution is 6.68. The molecule has 16 heavy (non-hydrogen) atoms. The number of rotatable bonds is 1. The monoisotopic (exact) mass is 235 g/mol. The van der Waals surface area contributed by atoms with Crippen molar-refractivity contribution in [2.24, 2.45) is 9.98 Å². The molecule has 6 heteroatoms. The van der Waals surface area contributed by atoms with Crippen molar-refractivity contribution < 1.29 is 9.59 Å². The van der Waals surface area contributed by atoms with Gasteiger partial charge in [-0.1, -0.05) is 17.7 Å². The molecule has 1 N–H and O–H groups in total. The Balaban J connectivity index is 2.40. The van der Waals surface area contributed by atoms with Crippen LogP contribution in [-0.2, 0) is 9.59 Å². The fourth-order valence-corrected chi connectivity index (χ4v) is 1.33. The number of nitrogens with one attached hydrogen (secondary N) is 1. The highest BCUT2D eigenvalue weighted by Crippen LogP contribution is 2.18. The van der Waals surface area contributed by atoms with Gasteiger partial charge in [0.1, 0.15) is 0 Å². The van der Waals surface area contributed by atoms with E-state index in [1.165, 1.54) is 0 Å². The minimum Gasteiger partial charge on any atom is -0.311 e. The highest BCUT2D eigenvalue weighted by atomic mass is 35.5. The van der Waals surface area contributed by atoms with Crippen LogP contribution < -0.4 is 5.32 Å². The van der Waals surface area contributed by atoms with Gasteiger partial charge in [-0.3, -0.25) is 9.59 Å². The molecule has 5 nitrogen and oxygen atoms in total. The molecule has 80 valence electrons. The molecule has 1 aromatic carbocycles. The van der Waals surface area contributed by atoms with Gasteiger partial charge in [0.25, 0.3) is 5.91 Å². The average molecular weight is 236 g/mol. The third-order valence-corrected chi connectivity index (χ3v) is 2.08. The normalized spacial score (nSPS) is 17.7. The predicted molar refractivity (Wildman–Crippen MR) is 60.2 cm³/mol. The molecule has 2 amide bonds. The number of halogens is 1. The van der Waals surface area contributed by atoms with Crippen LogP contribution in [0.25, 0.3) is 0 Å². The summed E-state index contributed by atoms with van der Waals surface area (Å²) in [4.78, 5) is 29.9. The maximum atomic E-state index is 11.3. The minimum atomic E-state index is -0.663. The second-order valence-electron chi connectivity index (χ2n) is 2.98. The second-order valence-corrected chi connectivity index (χ2v) is 3.41. The van der Waals surface area contributed by atoms with Crippen LogP contribution in [0.3, 0.4) is 0 Å². The summed E-state index contributed by atoms with van der Waals surface area (Å²) in [5, 5.41) is 2.76. The maximum absolute atomic E-state index is 11.3. The van der Waals surface area contributed by atoms with Crippen LogP contribution in [-0.4, -0.2) is 23.9 Å². The number of amides is 2. The maximum Gasteiger partial charge on any atom is 0.302 e. The van der Waals surface area contributed by atoms with E-state index in [0.717, 1.165) is 6.34 Å². The lowest BCUT2D eigenvalue weighted by Gasteiger charge is -2.05. The molecule has 1 heterocycles. The molecule has 1 aromatic rings. The highest BCUT2D eigenvalue weighted by Gasteiger charge is 2.22. The van der Waals surface area contributed by atoms with Crippen LogP contribution in [0.5, 0.6) is 0 Å². The Morgan fingerprint density at radius 2 is 2.12 bits per heavy atom. The van der Waals surface area contributed by atoms with Gasteiger partial charge in [0, 0.05) is 5.02 Å². The van der Waals surface area contributed by atoms with Gasteiger partial charge in [-0.25, -0.2) is 4.99 Å². The first-order valence-corrected chi connectivity index (χ1v) is 4.76. The molecule has 1 aliphatic rings. The number of hydrogen-bond acceptors (Lipinski definition) is 3.